The van der Waals surface area contributed by atoms with Crippen LogP contribution in [-0.2, 0) is 14.6 Å². The van der Waals surface area contributed by atoms with E-state index in [0.29, 0.717) is 23.8 Å². The van der Waals surface area contributed by atoms with Crippen LogP contribution in [0.2, 0.25) is 0 Å². The summed E-state index contributed by atoms with van der Waals surface area (Å²) in [4.78, 5) is 20.1. The van der Waals surface area contributed by atoms with Crippen molar-refractivity contribution in [2.24, 2.45) is 0 Å². The van der Waals surface area contributed by atoms with Gasteiger partial charge in [0.2, 0.25) is 0 Å². The lowest BCUT2D eigenvalue weighted by Gasteiger charge is -2.23. The van der Waals surface area contributed by atoms with E-state index in [2.05, 4.69) is 19.9 Å². The van der Waals surface area contributed by atoms with Gasteiger partial charge in [0.25, 0.3) is 5.91 Å². The minimum atomic E-state index is -3.31. The summed E-state index contributed by atoms with van der Waals surface area (Å²) in [6, 6.07) is 10.3. The number of rotatable bonds is 6. The number of hydrogen-bond donors (Lipinski definition) is 0. The molecule has 8 heteroatoms. The standard InChI is InChI=1S/C23H26N2O4S2/c1-4-31(27,28)19-9-7-17(8-10-19)22(26)25(14-18-6-5-11-29-18)23-24-20-12-15(2)16(3)13-21(20)30-23/h7-10,12-13,18H,4-6,11,14H2,1-3H3. The summed E-state index contributed by atoms with van der Waals surface area (Å²) in [6.45, 7) is 6.85. The first-order chi connectivity index (χ1) is 14.8. The van der Waals surface area contributed by atoms with Gasteiger partial charge in [-0.25, -0.2) is 13.4 Å². The summed E-state index contributed by atoms with van der Waals surface area (Å²) >= 11 is 1.49. The molecule has 1 saturated heterocycles. The van der Waals surface area contributed by atoms with Crippen LogP contribution in [0.25, 0.3) is 10.2 Å². The van der Waals surface area contributed by atoms with Crippen LogP contribution in [0.15, 0.2) is 41.3 Å². The summed E-state index contributed by atoms with van der Waals surface area (Å²) in [6.07, 6.45) is 1.86. The molecule has 1 amide bonds. The molecule has 0 saturated carbocycles. The van der Waals surface area contributed by atoms with Gasteiger partial charge in [-0.2, -0.15) is 0 Å². The zero-order valence-corrected chi connectivity index (χ0v) is 19.6. The number of benzene rings is 2. The second-order valence-corrected chi connectivity index (χ2v) is 11.2. The zero-order chi connectivity index (χ0) is 22.2. The van der Waals surface area contributed by atoms with Crippen LogP contribution in [0.4, 0.5) is 5.13 Å². The molecule has 3 aromatic rings. The van der Waals surface area contributed by atoms with Gasteiger partial charge in [0.15, 0.2) is 15.0 Å². The highest BCUT2D eigenvalue weighted by Gasteiger charge is 2.27. The van der Waals surface area contributed by atoms with E-state index in [1.54, 1.807) is 24.0 Å². The highest BCUT2D eigenvalue weighted by molar-refractivity contribution is 7.91. The third-order valence-corrected chi connectivity index (χ3v) is 8.51. The number of nitrogens with zero attached hydrogens (tertiary/aromatic N) is 2. The average molecular weight is 459 g/mol. The second kappa shape index (κ2) is 8.68. The van der Waals surface area contributed by atoms with E-state index in [1.165, 1.54) is 29.0 Å². The molecule has 0 aliphatic carbocycles. The summed E-state index contributed by atoms with van der Waals surface area (Å²) in [5.74, 6) is -0.181. The second-order valence-electron chi connectivity index (χ2n) is 7.88. The fraction of sp³-hybridized carbons (Fsp3) is 0.391. The predicted octanol–water partition coefficient (Wildman–Crippen LogP) is 4.53. The molecule has 1 fully saturated rings. The Morgan fingerprint density at radius 2 is 1.90 bits per heavy atom. The van der Waals surface area contributed by atoms with E-state index < -0.39 is 9.84 Å². The molecule has 0 radical (unpaired) electrons. The number of aryl methyl sites for hydroxylation is 2. The third-order valence-electron chi connectivity index (χ3n) is 5.72. The maximum Gasteiger partial charge on any atom is 0.260 e. The monoisotopic (exact) mass is 458 g/mol. The first-order valence-corrected chi connectivity index (χ1v) is 12.9. The molecule has 164 valence electrons. The number of sulfone groups is 1. The van der Waals surface area contributed by atoms with Crippen LogP contribution in [0, 0.1) is 13.8 Å². The SMILES string of the molecule is CCS(=O)(=O)c1ccc(C(=O)N(CC2CCCO2)c2nc3cc(C)c(C)cc3s2)cc1. The van der Waals surface area contributed by atoms with Gasteiger partial charge < -0.3 is 4.74 Å². The Morgan fingerprint density at radius 3 is 2.55 bits per heavy atom. The van der Waals surface area contributed by atoms with Crippen molar-refractivity contribution >= 4 is 42.4 Å². The maximum atomic E-state index is 13.5. The van der Waals surface area contributed by atoms with Gasteiger partial charge >= 0.3 is 0 Å². The number of amides is 1. The van der Waals surface area contributed by atoms with E-state index in [9.17, 15) is 13.2 Å². The molecule has 2 aromatic carbocycles. The van der Waals surface area contributed by atoms with Crippen molar-refractivity contribution in [3.05, 3.63) is 53.1 Å². The highest BCUT2D eigenvalue weighted by Crippen LogP contribution is 2.32. The van der Waals surface area contributed by atoms with E-state index in [4.69, 9.17) is 9.72 Å². The van der Waals surface area contributed by atoms with Crippen LogP contribution in [0.1, 0.15) is 41.3 Å². The number of ether oxygens (including phenoxy) is 1. The van der Waals surface area contributed by atoms with E-state index in [-0.39, 0.29) is 22.7 Å². The lowest BCUT2D eigenvalue weighted by atomic mass is 10.1. The van der Waals surface area contributed by atoms with Crippen LogP contribution in [0.3, 0.4) is 0 Å². The Morgan fingerprint density at radius 1 is 1.19 bits per heavy atom. The van der Waals surface area contributed by atoms with Gasteiger partial charge in [-0.3, -0.25) is 9.69 Å². The molecule has 1 atom stereocenters. The maximum absolute atomic E-state index is 13.5. The van der Waals surface area contributed by atoms with Crippen molar-refractivity contribution in [1.29, 1.82) is 0 Å². The van der Waals surface area contributed by atoms with Crippen molar-refractivity contribution in [1.82, 2.24) is 4.98 Å². The van der Waals surface area contributed by atoms with E-state index in [0.717, 1.165) is 28.6 Å². The van der Waals surface area contributed by atoms with Gasteiger partial charge in [0, 0.05) is 12.2 Å². The predicted molar refractivity (Wildman–Crippen MR) is 124 cm³/mol. The van der Waals surface area contributed by atoms with Gasteiger partial charge in [0.1, 0.15) is 0 Å². The van der Waals surface area contributed by atoms with Crippen molar-refractivity contribution in [2.45, 2.75) is 44.6 Å². The number of carbonyl (C=O) groups is 1. The number of fused-ring (bicyclic) bond motifs is 1. The Balaban J connectivity index is 1.70. The number of anilines is 1. The summed E-state index contributed by atoms with van der Waals surface area (Å²) in [5.41, 5.74) is 3.65. The third kappa shape index (κ3) is 4.51. The lowest BCUT2D eigenvalue weighted by Crippen LogP contribution is -2.37. The van der Waals surface area contributed by atoms with Crippen LogP contribution in [0.5, 0.6) is 0 Å². The Hall–Kier alpha value is -2.29. The quantitative estimate of drug-likeness (QED) is 0.542. The van der Waals surface area contributed by atoms with Crippen molar-refractivity contribution in [2.75, 3.05) is 23.8 Å². The Bertz CT molecular complexity index is 1170. The number of aromatic nitrogens is 1. The molecular weight excluding hydrogens is 432 g/mol. The van der Waals surface area contributed by atoms with Crippen LogP contribution >= 0.6 is 11.3 Å². The fourth-order valence-corrected chi connectivity index (χ4v) is 5.59. The summed E-state index contributed by atoms with van der Waals surface area (Å²) in [5, 5.41) is 0.630. The van der Waals surface area contributed by atoms with E-state index in [1.807, 2.05) is 6.07 Å². The van der Waals surface area contributed by atoms with E-state index >= 15 is 0 Å². The van der Waals surface area contributed by atoms with Crippen LogP contribution in [-0.4, -0.2) is 44.3 Å². The first kappa shape index (κ1) is 21.9. The fourth-order valence-electron chi connectivity index (χ4n) is 3.65. The van der Waals surface area contributed by atoms with Gasteiger partial charge in [-0.15, -0.1) is 0 Å². The molecule has 6 nitrogen and oxygen atoms in total. The topological polar surface area (TPSA) is 76.6 Å². The Kier molecular flexibility index (Phi) is 6.14. The van der Waals surface area contributed by atoms with Gasteiger partial charge in [-0.05, 0) is 74.2 Å². The molecular formula is C23H26N2O4S2. The molecule has 0 bridgehead atoms. The first-order valence-electron chi connectivity index (χ1n) is 10.4. The molecule has 1 unspecified atom stereocenters. The zero-order valence-electron chi connectivity index (χ0n) is 17.9. The lowest BCUT2D eigenvalue weighted by molar-refractivity contribution is 0.0917. The Labute approximate surface area is 186 Å². The largest absolute Gasteiger partial charge is 0.376 e. The van der Waals surface area contributed by atoms with Crippen LogP contribution < -0.4 is 4.90 Å². The van der Waals surface area contributed by atoms with Crippen molar-refractivity contribution < 1.29 is 17.9 Å². The smallest absolute Gasteiger partial charge is 0.260 e. The molecule has 0 spiro atoms. The minimum Gasteiger partial charge on any atom is -0.376 e. The average Bonchev–Trinajstić information content (AvgIpc) is 3.41. The van der Waals surface area contributed by atoms with Gasteiger partial charge in [-0.1, -0.05) is 18.3 Å². The normalized spacial score (nSPS) is 16.7. The number of thiazole rings is 1. The van der Waals surface area contributed by atoms with Gasteiger partial charge in [0.05, 0.1) is 33.5 Å². The summed E-state index contributed by atoms with van der Waals surface area (Å²) < 4.78 is 31.0. The molecule has 2 heterocycles. The van der Waals surface area contributed by atoms with Crippen molar-refractivity contribution in [3.8, 4) is 0 Å². The molecule has 31 heavy (non-hydrogen) atoms. The molecule has 4 rings (SSSR count). The minimum absolute atomic E-state index is 0.0238. The number of hydrogen-bond acceptors (Lipinski definition) is 6. The summed E-state index contributed by atoms with van der Waals surface area (Å²) in [7, 11) is -3.31. The number of carbonyl (C=O) groups excluding carboxylic acids is 1. The molecule has 1 aliphatic heterocycles. The highest BCUT2D eigenvalue weighted by atomic mass is 32.2. The molecule has 0 N–H and O–H groups in total. The molecule has 1 aromatic heterocycles. The molecule has 1 aliphatic rings. The van der Waals surface area contributed by atoms with Crippen molar-refractivity contribution in [3.63, 3.8) is 0 Å².